The van der Waals surface area contributed by atoms with E-state index < -0.39 is 17.9 Å². The Morgan fingerprint density at radius 1 is 1.42 bits per heavy atom. The highest BCUT2D eigenvalue weighted by molar-refractivity contribution is 6.35. The number of amides is 2. The molecule has 3 N–H and O–H groups in total. The zero-order valence-corrected chi connectivity index (χ0v) is 11.8. The maximum absolute atomic E-state index is 11.4. The van der Waals surface area contributed by atoms with Crippen LogP contribution in [0.4, 0.5) is 0 Å². The van der Waals surface area contributed by atoms with Gasteiger partial charge in [0.25, 0.3) is 0 Å². The van der Waals surface area contributed by atoms with Crippen LogP contribution in [-0.2, 0) is 20.7 Å². The lowest BCUT2D eigenvalue weighted by Crippen LogP contribution is -2.47. The number of carbonyl (C=O) groups is 2. The Labute approximate surface area is 121 Å². The monoisotopic (exact) mass is 304 g/mol. The number of nitrogens with two attached hydrogens (primary N) is 1. The van der Waals surface area contributed by atoms with Gasteiger partial charge in [-0.1, -0.05) is 29.3 Å². The van der Waals surface area contributed by atoms with Crippen molar-refractivity contribution in [2.75, 3.05) is 13.7 Å². The second-order valence-corrected chi connectivity index (χ2v) is 4.74. The average molecular weight is 305 g/mol. The van der Waals surface area contributed by atoms with Crippen LogP contribution in [0.5, 0.6) is 0 Å². The Hall–Kier alpha value is -1.30. The van der Waals surface area contributed by atoms with Gasteiger partial charge in [0.1, 0.15) is 12.6 Å². The number of halogens is 2. The minimum Gasteiger partial charge on any atom is -0.375 e. The van der Waals surface area contributed by atoms with Gasteiger partial charge in [-0.05, 0) is 17.7 Å². The number of ether oxygens (including phenoxy) is 1. The molecule has 1 rings (SSSR count). The first-order valence-corrected chi connectivity index (χ1v) is 6.21. The summed E-state index contributed by atoms with van der Waals surface area (Å²) < 4.78 is 4.67. The minimum atomic E-state index is -0.846. The normalized spacial score (nSPS) is 11.9. The van der Waals surface area contributed by atoms with Crippen molar-refractivity contribution in [3.05, 3.63) is 33.8 Å². The summed E-state index contributed by atoms with van der Waals surface area (Å²) in [6, 6.07) is 4.05. The molecule has 1 atom stereocenters. The number of rotatable bonds is 6. The summed E-state index contributed by atoms with van der Waals surface area (Å²) in [5.41, 5.74) is 5.92. The zero-order chi connectivity index (χ0) is 14.4. The SMILES string of the molecule is COCC(=O)N[C@@H](Cc1ccc(Cl)cc1Cl)C(N)=O. The van der Waals surface area contributed by atoms with Crippen molar-refractivity contribution in [2.45, 2.75) is 12.5 Å². The van der Waals surface area contributed by atoms with Gasteiger partial charge in [0.05, 0.1) is 0 Å². The van der Waals surface area contributed by atoms with Crippen molar-refractivity contribution in [2.24, 2.45) is 5.73 Å². The smallest absolute Gasteiger partial charge is 0.246 e. The third-order valence-electron chi connectivity index (χ3n) is 2.39. The van der Waals surface area contributed by atoms with E-state index in [4.69, 9.17) is 28.9 Å². The number of methoxy groups -OCH3 is 1. The molecular weight excluding hydrogens is 291 g/mol. The molecule has 0 radical (unpaired) electrons. The number of hydrogen-bond donors (Lipinski definition) is 2. The Balaban J connectivity index is 2.78. The highest BCUT2D eigenvalue weighted by Gasteiger charge is 2.19. The number of nitrogens with one attached hydrogen (secondary N) is 1. The van der Waals surface area contributed by atoms with E-state index in [1.807, 2.05) is 0 Å². The van der Waals surface area contributed by atoms with Crippen LogP contribution in [0.2, 0.25) is 10.0 Å². The molecule has 0 aliphatic carbocycles. The zero-order valence-electron chi connectivity index (χ0n) is 10.3. The van der Waals surface area contributed by atoms with E-state index in [1.54, 1.807) is 18.2 Å². The first-order chi connectivity index (χ1) is 8.93. The molecule has 0 spiro atoms. The first kappa shape index (κ1) is 15.8. The number of primary amides is 1. The molecule has 0 fully saturated rings. The highest BCUT2D eigenvalue weighted by atomic mass is 35.5. The highest BCUT2D eigenvalue weighted by Crippen LogP contribution is 2.22. The van der Waals surface area contributed by atoms with Crippen LogP contribution in [0.3, 0.4) is 0 Å². The first-order valence-electron chi connectivity index (χ1n) is 5.45. The molecule has 0 saturated carbocycles. The van der Waals surface area contributed by atoms with Crippen molar-refractivity contribution < 1.29 is 14.3 Å². The van der Waals surface area contributed by atoms with E-state index in [0.717, 1.165) is 0 Å². The standard InChI is InChI=1S/C12H14Cl2N2O3/c1-19-6-11(17)16-10(12(15)18)4-7-2-3-8(13)5-9(7)14/h2-3,5,10H,4,6H2,1H3,(H2,15,18)(H,16,17)/t10-/m0/s1. The van der Waals surface area contributed by atoms with E-state index in [-0.39, 0.29) is 13.0 Å². The summed E-state index contributed by atoms with van der Waals surface area (Å²) in [5, 5.41) is 3.39. The van der Waals surface area contributed by atoms with Crippen LogP contribution in [0.25, 0.3) is 0 Å². The van der Waals surface area contributed by atoms with Gasteiger partial charge in [-0.2, -0.15) is 0 Å². The van der Waals surface area contributed by atoms with Gasteiger partial charge in [0.15, 0.2) is 0 Å². The van der Waals surface area contributed by atoms with Crippen molar-refractivity contribution in [3.63, 3.8) is 0 Å². The van der Waals surface area contributed by atoms with Gasteiger partial charge in [-0.3, -0.25) is 9.59 Å². The van der Waals surface area contributed by atoms with Gasteiger partial charge in [0.2, 0.25) is 11.8 Å². The summed E-state index contributed by atoms with van der Waals surface area (Å²) in [5.74, 6) is -1.06. The molecule has 0 aliphatic heterocycles. The molecule has 1 aromatic rings. The Morgan fingerprint density at radius 3 is 2.63 bits per heavy atom. The molecule has 0 aliphatic rings. The second kappa shape index (κ2) is 7.33. The number of hydrogen-bond acceptors (Lipinski definition) is 3. The molecule has 0 saturated heterocycles. The van der Waals surface area contributed by atoms with Crippen molar-refractivity contribution >= 4 is 35.0 Å². The fourth-order valence-corrected chi connectivity index (χ4v) is 1.98. The summed E-state index contributed by atoms with van der Waals surface area (Å²) >= 11 is 11.8. The molecule has 0 bridgehead atoms. The lowest BCUT2D eigenvalue weighted by Gasteiger charge is -2.16. The topological polar surface area (TPSA) is 81.4 Å². The Kier molecular flexibility index (Phi) is 6.08. The van der Waals surface area contributed by atoms with Crippen molar-refractivity contribution in [1.82, 2.24) is 5.32 Å². The number of benzene rings is 1. The maximum Gasteiger partial charge on any atom is 0.246 e. The average Bonchev–Trinajstić information content (AvgIpc) is 2.31. The maximum atomic E-state index is 11.4. The summed E-state index contributed by atoms with van der Waals surface area (Å²) in [7, 11) is 1.38. The van der Waals surface area contributed by atoms with Crippen molar-refractivity contribution in [3.8, 4) is 0 Å². The van der Waals surface area contributed by atoms with Crippen molar-refractivity contribution in [1.29, 1.82) is 0 Å². The van der Waals surface area contributed by atoms with E-state index in [0.29, 0.717) is 15.6 Å². The lowest BCUT2D eigenvalue weighted by molar-refractivity contribution is -0.129. The second-order valence-electron chi connectivity index (χ2n) is 3.90. The van der Waals surface area contributed by atoms with Crippen LogP contribution < -0.4 is 11.1 Å². The van der Waals surface area contributed by atoms with Gasteiger partial charge < -0.3 is 15.8 Å². The van der Waals surface area contributed by atoms with Gasteiger partial charge in [-0.15, -0.1) is 0 Å². The summed E-state index contributed by atoms with van der Waals surface area (Å²) in [4.78, 5) is 22.7. The van der Waals surface area contributed by atoms with E-state index in [9.17, 15) is 9.59 Å². The fraction of sp³-hybridized carbons (Fsp3) is 0.333. The Morgan fingerprint density at radius 2 is 2.11 bits per heavy atom. The third-order valence-corrected chi connectivity index (χ3v) is 2.98. The molecule has 0 heterocycles. The van der Waals surface area contributed by atoms with Gasteiger partial charge >= 0.3 is 0 Å². The molecule has 5 nitrogen and oxygen atoms in total. The largest absolute Gasteiger partial charge is 0.375 e. The Bertz CT molecular complexity index is 480. The molecule has 0 unspecified atom stereocenters. The van der Waals surface area contributed by atoms with E-state index in [1.165, 1.54) is 7.11 Å². The van der Waals surface area contributed by atoms with E-state index in [2.05, 4.69) is 10.1 Å². The fourth-order valence-electron chi connectivity index (χ4n) is 1.50. The lowest BCUT2D eigenvalue weighted by atomic mass is 10.1. The molecule has 2 amide bonds. The minimum absolute atomic E-state index is 0.141. The molecule has 0 aromatic heterocycles. The van der Waals surface area contributed by atoms with Crippen LogP contribution in [0, 0.1) is 0 Å². The summed E-state index contributed by atoms with van der Waals surface area (Å²) in [6.07, 6.45) is 0.195. The quantitative estimate of drug-likeness (QED) is 0.827. The molecular formula is C12H14Cl2N2O3. The van der Waals surface area contributed by atoms with Crippen LogP contribution in [-0.4, -0.2) is 31.6 Å². The van der Waals surface area contributed by atoms with Crippen LogP contribution in [0.15, 0.2) is 18.2 Å². The molecule has 19 heavy (non-hydrogen) atoms. The van der Waals surface area contributed by atoms with Crippen LogP contribution >= 0.6 is 23.2 Å². The number of carbonyl (C=O) groups excluding carboxylic acids is 2. The van der Waals surface area contributed by atoms with Gasteiger partial charge in [-0.25, -0.2) is 0 Å². The predicted octanol–water partition coefficient (Wildman–Crippen LogP) is 1.15. The third kappa shape index (κ3) is 5.06. The predicted molar refractivity (Wildman–Crippen MR) is 73.2 cm³/mol. The summed E-state index contributed by atoms with van der Waals surface area (Å²) in [6.45, 7) is -0.141. The molecule has 7 heteroatoms. The van der Waals surface area contributed by atoms with Crippen LogP contribution in [0.1, 0.15) is 5.56 Å². The molecule has 104 valence electrons. The van der Waals surface area contributed by atoms with Gasteiger partial charge in [0, 0.05) is 23.6 Å². The van der Waals surface area contributed by atoms with E-state index >= 15 is 0 Å². The molecule has 1 aromatic carbocycles.